The SMILES string of the molecule is CCCCCCNCCN1CCCSCC1. The number of hydrogen-bond donors (Lipinski definition) is 1. The molecule has 3 heteroatoms. The topological polar surface area (TPSA) is 15.3 Å². The van der Waals surface area contributed by atoms with Crippen LogP contribution >= 0.6 is 11.8 Å². The minimum Gasteiger partial charge on any atom is -0.315 e. The van der Waals surface area contributed by atoms with Crippen molar-refractivity contribution in [1.82, 2.24) is 10.2 Å². The van der Waals surface area contributed by atoms with E-state index in [1.807, 2.05) is 0 Å². The summed E-state index contributed by atoms with van der Waals surface area (Å²) in [6.07, 6.45) is 6.85. The Hall–Kier alpha value is 0.270. The third-order valence-electron chi connectivity index (χ3n) is 3.13. The molecule has 0 spiro atoms. The van der Waals surface area contributed by atoms with Gasteiger partial charge in [-0.2, -0.15) is 11.8 Å². The molecule has 0 amide bonds. The molecule has 16 heavy (non-hydrogen) atoms. The summed E-state index contributed by atoms with van der Waals surface area (Å²) >= 11 is 2.11. The maximum atomic E-state index is 3.56. The predicted molar refractivity (Wildman–Crippen MR) is 75.4 cm³/mol. The molecule has 1 aliphatic rings. The third-order valence-corrected chi connectivity index (χ3v) is 4.18. The lowest BCUT2D eigenvalue weighted by Crippen LogP contribution is -2.34. The van der Waals surface area contributed by atoms with Crippen LogP contribution < -0.4 is 5.32 Å². The van der Waals surface area contributed by atoms with Crippen LogP contribution in [0.15, 0.2) is 0 Å². The van der Waals surface area contributed by atoms with Gasteiger partial charge in [0.1, 0.15) is 0 Å². The molecular formula is C13H28N2S. The zero-order valence-electron chi connectivity index (χ0n) is 10.8. The monoisotopic (exact) mass is 244 g/mol. The van der Waals surface area contributed by atoms with Gasteiger partial charge in [-0.15, -0.1) is 0 Å². The Morgan fingerprint density at radius 1 is 1.06 bits per heavy atom. The first-order chi connectivity index (χ1) is 7.93. The molecule has 96 valence electrons. The molecule has 1 saturated heterocycles. The molecule has 1 aliphatic heterocycles. The molecule has 0 radical (unpaired) electrons. The first-order valence-electron chi connectivity index (χ1n) is 6.94. The van der Waals surface area contributed by atoms with Crippen molar-refractivity contribution < 1.29 is 0 Å². The fraction of sp³-hybridized carbons (Fsp3) is 1.00. The van der Waals surface area contributed by atoms with E-state index in [2.05, 4.69) is 28.9 Å². The van der Waals surface area contributed by atoms with E-state index in [4.69, 9.17) is 0 Å². The minimum absolute atomic E-state index is 1.18. The van der Waals surface area contributed by atoms with Crippen molar-refractivity contribution in [2.45, 2.75) is 39.0 Å². The molecule has 0 saturated carbocycles. The maximum absolute atomic E-state index is 3.56. The van der Waals surface area contributed by atoms with Crippen molar-refractivity contribution in [2.24, 2.45) is 0 Å². The lowest BCUT2D eigenvalue weighted by atomic mass is 10.2. The average Bonchev–Trinajstić information content (AvgIpc) is 2.56. The molecule has 1 rings (SSSR count). The lowest BCUT2D eigenvalue weighted by Gasteiger charge is -2.19. The first-order valence-corrected chi connectivity index (χ1v) is 8.09. The standard InChI is InChI=1S/C13H28N2S/c1-2-3-4-5-7-14-8-10-15-9-6-12-16-13-11-15/h14H,2-13H2,1H3. The van der Waals surface area contributed by atoms with Gasteiger partial charge < -0.3 is 10.2 Å². The molecule has 0 aromatic carbocycles. The normalized spacial score (nSPS) is 18.6. The summed E-state index contributed by atoms with van der Waals surface area (Å²) in [7, 11) is 0. The highest BCUT2D eigenvalue weighted by Crippen LogP contribution is 2.09. The van der Waals surface area contributed by atoms with Crippen molar-refractivity contribution in [3.05, 3.63) is 0 Å². The third kappa shape index (κ3) is 7.53. The maximum Gasteiger partial charge on any atom is 0.0107 e. The van der Waals surface area contributed by atoms with Crippen LogP contribution in [-0.2, 0) is 0 Å². The van der Waals surface area contributed by atoms with Gasteiger partial charge in [0.15, 0.2) is 0 Å². The summed E-state index contributed by atoms with van der Waals surface area (Å²) in [4.78, 5) is 2.61. The van der Waals surface area contributed by atoms with Crippen molar-refractivity contribution in [3.8, 4) is 0 Å². The van der Waals surface area contributed by atoms with Crippen LogP contribution in [0, 0.1) is 0 Å². The quantitative estimate of drug-likeness (QED) is 0.661. The molecule has 0 unspecified atom stereocenters. The fourth-order valence-electron chi connectivity index (χ4n) is 2.06. The van der Waals surface area contributed by atoms with Crippen LogP contribution in [0.2, 0.25) is 0 Å². The van der Waals surface area contributed by atoms with E-state index in [0.717, 1.165) is 0 Å². The fourth-order valence-corrected chi connectivity index (χ4v) is 2.98. The summed E-state index contributed by atoms with van der Waals surface area (Å²) < 4.78 is 0. The van der Waals surface area contributed by atoms with Gasteiger partial charge in [-0.3, -0.25) is 0 Å². The van der Waals surface area contributed by atoms with Gasteiger partial charge >= 0.3 is 0 Å². The summed E-state index contributed by atoms with van der Waals surface area (Å²) in [6, 6.07) is 0. The van der Waals surface area contributed by atoms with Crippen LogP contribution in [-0.4, -0.2) is 49.1 Å². The van der Waals surface area contributed by atoms with E-state index in [1.165, 1.54) is 76.3 Å². The van der Waals surface area contributed by atoms with Crippen molar-refractivity contribution in [1.29, 1.82) is 0 Å². The molecule has 0 bridgehead atoms. The second-order valence-electron chi connectivity index (χ2n) is 4.62. The molecule has 1 N–H and O–H groups in total. The van der Waals surface area contributed by atoms with Gasteiger partial charge in [0.05, 0.1) is 0 Å². The molecule has 0 atom stereocenters. The van der Waals surface area contributed by atoms with Crippen LogP contribution in [0.4, 0.5) is 0 Å². The zero-order chi connectivity index (χ0) is 11.5. The summed E-state index contributed by atoms with van der Waals surface area (Å²) in [6.45, 7) is 8.51. The summed E-state index contributed by atoms with van der Waals surface area (Å²) in [5, 5.41) is 3.56. The van der Waals surface area contributed by atoms with E-state index >= 15 is 0 Å². The van der Waals surface area contributed by atoms with Crippen molar-refractivity contribution in [3.63, 3.8) is 0 Å². The summed E-state index contributed by atoms with van der Waals surface area (Å²) in [5.41, 5.74) is 0. The Morgan fingerprint density at radius 2 is 2.00 bits per heavy atom. The number of thioether (sulfide) groups is 1. The molecule has 0 aromatic rings. The van der Waals surface area contributed by atoms with E-state index in [9.17, 15) is 0 Å². The van der Waals surface area contributed by atoms with E-state index in [-0.39, 0.29) is 0 Å². The first kappa shape index (κ1) is 14.3. The molecule has 1 fully saturated rings. The molecule has 2 nitrogen and oxygen atoms in total. The molecular weight excluding hydrogens is 216 g/mol. The van der Waals surface area contributed by atoms with Gasteiger partial charge in [0.2, 0.25) is 0 Å². The van der Waals surface area contributed by atoms with Gasteiger partial charge in [0, 0.05) is 25.4 Å². The highest BCUT2D eigenvalue weighted by Gasteiger charge is 2.07. The zero-order valence-corrected chi connectivity index (χ0v) is 11.7. The van der Waals surface area contributed by atoms with Crippen molar-refractivity contribution in [2.75, 3.05) is 44.2 Å². The molecule has 0 aliphatic carbocycles. The summed E-state index contributed by atoms with van der Waals surface area (Å²) in [5.74, 6) is 2.69. The predicted octanol–water partition coefficient (Wildman–Crippen LogP) is 2.60. The number of hydrogen-bond acceptors (Lipinski definition) is 3. The van der Waals surface area contributed by atoms with E-state index in [0.29, 0.717) is 0 Å². The van der Waals surface area contributed by atoms with Crippen LogP contribution in [0.5, 0.6) is 0 Å². The largest absolute Gasteiger partial charge is 0.315 e. The second-order valence-corrected chi connectivity index (χ2v) is 5.84. The number of nitrogens with one attached hydrogen (secondary N) is 1. The van der Waals surface area contributed by atoms with E-state index < -0.39 is 0 Å². The van der Waals surface area contributed by atoms with Crippen molar-refractivity contribution >= 4 is 11.8 Å². The van der Waals surface area contributed by atoms with Crippen LogP contribution in [0.1, 0.15) is 39.0 Å². The number of rotatable bonds is 8. The van der Waals surface area contributed by atoms with Crippen LogP contribution in [0.3, 0.4) is 0 Å². The highest BCUT2D eigenvalue weighted by molar-refractivity contribution is 7.99. The molecule has 0 aromatic heterocycles. The Labute approximate surface area is 106 Å². The Bertz CT molecular complexity index is 145. The van der Waals surface area contributed by atoms with E-state index in [1.54, 1.807) is 0 Å². The lowest BCUT2D eigenvalue weighted by molar-refractivity contribution is 0.294. The Kier molecular flexibility index (Phi) is 9.34. The number of unbranched alkanes of at least 4 members (excludes halogenated alkanes) is 3. The van der Waals surface area contributed by atoms with Gasteiger partial charge in [-0.1, -0.05) is 26.2 Å². The number of nitrogens with zero attached hydrogens (tertiary/aromatic N) is 1. The van der Waals surface area contributed by atoms with Crippen LogP contribution in [0.25, 0.3) is 0 Å². The van der Waals surface area contributed by atoms with Gasteiger partial charge in [-0.25, -0.2) is 0 Å². The molecule has 1 heterocycles. The Morgan fingerprint density at radius 3 is 2.88 bits per heavy atom. The van der Waals surface area contributed by atoms with Gasteiger partial charge in [-0.05, 0) is 31.7 Å². The average molecular weight is 244 g/mol. The van der Waals surface area contributed by atoms with Gasteiger partial charge in [0.25, 0.3) is 0 Å². The highest BCUT2D eigenvalue weighted by atomic mass is 32.2. The Balaban J connectivity index is 1.86. The minimum atomic E-state index is 1.18. The smallest absolute Gasteiger partial charge is 0.0107 e. The second kappa shape index (κ2) is 10.4.